The average molecular weight is 328 g/mol. The maximum Gasteiger partial charge on any atom is 0.332 e. The Morgan fingerprint density at radius 1 is 1.50 bits per heavy atom. The third-order valence-electron chi connectivity index (χ3n) is 2.70. The molecule has 0 bridgehead atoms. The molecule has 7 heteroatoms. The van der Waals surface area contributed by atoms with Crippen molar-refractivity contribution < 1.29 is 14.3 Å². The molecule has 0 radical (unpaired) electrons. The van der Waals surface area contributed by atoms with Gasteiger partial charge in [0, 0.05) is 13.1 Å². The molecular weight excluding hydrogens is 306 g/mol. The molecule has 0 spiro atoms. The Kier molecular flexibility index (Phi) is 6.17. The highest BCUT2D eigenvalue weighted by molar-refractivity contribution is 6.29. The maximum absolute atomic E-state index is 12.3. The molecule has 0 aliphatic carbocycles. The van der Waals surface area contributed by atoms with Gasteiger partial charge in [-0.05, 0) is 12.3 Å². The first-order valence-corrected chi connectivity index (χ1v) is 7.38. The van der Waals surface area contributed by atoms with E-state index in [1.54, 1.807) is 20.0 Å². The number of ether oxygens (including phenoxy) is 1. The first-order valence-electron chi connectivity index (χ1n) is 7.00. The van der Waals surface area contributed by atoms with Gasteiger partial charge in [0.05, 0.1) is 6.61 Å². The minimum Gasteiger partial charge on any atom is -0.464 e. The minimum atomic E-state index is -0.861. The monoisotopic (exact) mass is 327 g/mol. The average Bonchev–Trinajstić information content (AvgIpc) is 2.72. The summed E-state index contributed by atoms with van der Waals surface area (Å²) in [6.07, 6.45) is 3.49. The predicted octanol–water partition coefficient (Wildman–Crippen LogP) is 2.34. The molecule has 1 unspecified atom stereocenters. The number of aromatic nitrogens is 2. The van der Waals surface area contributed by atoms with Crippen LogP contribution in [0.5, 0.6) is 0 Å². The Morgan fingerprint density at radius 2 is 2.14 bits per heavy atom. The molecule has 0 saturated carbocycles. The molecule has 1 heterocycles. The van der Waals surface area contributed by atoms with Crippen LogP contribution in [-0.4, -0.2) is 34.3 Å². The number of halogens is 1. The molecule has 0 aliphatic rings. The van der Waals surface area contributed by atoms with Gasteiger partial charge in [0.1, 0.15) is 11.7 Å². The lowest BCUT2D eigenvalue weighted by atomic mass is 9.95. The number of nitrogens with zero attached hydrogens (tertiary/aromatic N) is 2. The van der Waals surface area contributed by atoms with E-state index in [0.29, 0.717) is 0 Å². The quantitative estimate of drug-likeness (QED) is 0.665. The van der Waals surface area contributed by atoms with Crippen LogP contribution in [-0.2, 0) is 16.6 Å². The zero-order valence-electron chi connectivity index (χ0n) is 13.5. The number of amides is 1. The van der Waals surface area contributed by atoms with Gasteiger partial charge in [0.15, 0.2) is 5.15 Å². The molecule has 22 heavy (non-hydrogen) atoms. The van der Waals surface area contributed by atoms with Crippen molar-refractivity contribution in [3.05, 3.63) is 29.1 Å². The Balaban J connectivity index is 2.92. The molecule has 0 saturated heterocycles. The van der Waals surface area contributed by atoms with Crippen molar-refractivity contribution in [2.75, 3.05) is 6.61 Å². The summed E-state index contributed by atoms with van der Waals surface area (Å²) < 4.78 is 6.34. The molecule has 1 N–H and O–H groups in total. The topological polar surface area (TPSA) is 73.2 Å². The number of hydrogen-bond donors (Lipinski definition) is 1. The van der Waals surface area contributed by atoms with Crippen molar-refractivity contribution in [2.24, 2.45) is 12.5 Å². The lowest BCUT2D eigenvalue weighted by molar-refractivity contribution is -0.144. The highest BCUT2D eigenvalue weighted by Crippen LogP contribution is 2.15. The first kappa shape index (κ1) is 18.2. The van der Waals surface area contributed by atoms with E-state index in [1.165, 1.54) is 10.7 Å². The van der Waals surface area contributed by atoms with Crippen LogP contribution < -0.4 is 5.32 Å². The van der Waals surface area contributed by atoms with Crippen LogP contribution in [0.1, 0.15) is 38.2 Å². The van der Waals surface area contributed by atoms with Crippen molar-refractivity contribution in [1.82, 2.24) is 15.1 Å². The lowest BCUT2D eigenvalue weighted by Crippen LogP contribution is -2.41. The van der Waals surface area contributed by atoms with E-state index in [-0.39, 0.29) is 22.9 Å². The number of esters is 1. The maximum atomic E-state index is 12.3. The third kappa shape index (κ3) is 5.52. The highest BCUT2D eigenvalue weighted by Gasteiger charge is 2.22. The van der Waals surface area contributed by atoms with E-state index in [1.807, 2.05) is 26.8 Å². The van der Waals surface area contributed by atoms with Gasteiger partial charge in [-0.25, -0.2) is 4.79 Å². The minimum absolute atomic E-state index is 0.120. The highest BCUT2D eigenvalue weighted by atomic mass is 35.5. The van der Waals surface area contributed by atoms with Crippen molar-refractivity contribution in [2.45, 2.75) is 33.7 Å². The molecule has 122 valence electrons. The molecule has 1 atom stereocenters. The van der Waals surface area contributed by atoms with E-state index in [9.17, 15) is 9.59 Å². The van der Waals surface area contributed by atoms with Gasteiger partial charge in [-0.3, -0.25) is 9.48 Å². The second kappa shape index (κ2) is 7.45. The van der Waals surface area contributed by atoms with Crippen LogP contribution >= 0.6 is 11.6 Å². The van der Waals surface area contributed by atoms with Crippen molar-refractivity contribution in [3.8, 4) is 0 Å². The summed E-state index contributed by atoms with van der Waals surface area (Å²) in [4.78, 5) is 24.2. The Bertz CT molecular complexity index is 573. The van der Waals surface area contributed by atoms with E-state index in [0.717, 1.165) is 0 Å². The second-order valence-electron chi connectivity index (χ2n) is 5.90. The fourth-order valence-corrected chi connectivity index (χ4v) is 1.88. The fraction of sp³-hybridized carbons (Fsp3) is 0.533. The van der Waals surface area contributed by atoms with Crippen molar-refractivity contribution in [3.63, 3.8) is 0 Å². The van der Waals surface area contributed by atoms with E-state index >= 15 is 0 Å². The number of hydrogen-bond acceptors (Lipinski definition) is 4. The van der Waals surface area contributed by atoms with E-state index in [2.05, 4.69) is 10.4 Å². The first-order chi connectivity index (χ1) is 10.1. The zero-order valence-corrected chi connectivity index (χ0v) is 14.3. The van der Waals surface area contributed by atoms with Gasteiger partial charge < -0.3 is 10.1 Å². The fourth-order valence-electron chi connectivity index (χ4n) is 1.66. The number of rotatable bonds is 5. The third-order valence-corrected chi connectivity index (χ3v) is 2.88. The van der Waals surface area contributed by atoms with E-state index in [4.69, 9.17) is 16.3 Å². The molecule has 1 amide bonds. The number of carbonyl (C=O) groups excluding carboxylic acids is 2. The summed E-state index contributed by atoms with van der Waals surface area (Å²) >= 11 is 5.76. The van der Waals surface area contributed by atoms with Crippen LogP contribution in [0.15, 0.2) is 18.2 Å². The molecule has 0 aromatic carbocycles. The molecule has 1 aromatic heterocycles. The van der Waals surface area contributed by atoms with Crippen molar-refractivity contribution in [1.29, 1.82) is 0 Å². The summed E-state index contributed by atoms with van der Waals surface area (Å²) in [5.74, 6) is -0.955. The predicted molar refractivity (Wildman–Crippen MR) is 84.7 cm³/mol. The summed E-state index contributed by atoms with van der Waals surface area (Å²) in [5, 5.41) is 6.73. The summed E-state index contributed by atoms with van der Waals surface area (Å²) in [6.45, 7) is 7.94. The van der Waals surface area contributed by atoms with Crippen LogP contribution in [0.3, 0.4) is 0 Å². The molecule has 0 aliphatic heterocycles. The molecule has 0 fully saturated rings. The van der Waals surface area contributed by atoms with Crippen LogP contribution in [0.2, 0.25) is 5.15 Å². The second-order valence-corrected chi connectivity index (χ2v) is 6.29. The number of allylic oxidation sites excluding steroid dienone is 1. The summed E-state index contributed by atoms with van der Waals surface area (Å²) in [7, 11) is 1.60. The van der Waals surface area contributed by atoms with Gasteiger partial charge in [-0.1, -0.05) is 44.5 Å². The standard InChI is InChI=1S/C15H22ClN3O3/c1-6-22-14(21)10(7-8-15(2,3)4)17-13(20)11-9-12(16)18-19(11)5/h7-10H,6H2,1-5H3,(H,17,20)/b8-7+. The zero-order chi connectivity index (χ0) is 16.9. The normalized spacial score (nSPS) is 13.2. The molecule has 1 aromatic rings. The lowest BCUT2D eigenvalue weighted by Gasteiger charge is -2.17. The molecular formula is C15H22ClN3O3. The van der Waals surface area contributed by atoms with Gasteiger partial charge in [-0.2, -0.15) is 5.10 Å². The van der Waals surface area contributed by atoms with Gasteiger partial charge >= 0.3 is 5.97 Å². The number of nitrogens with one attached hydrogen (secondary N) is 1. The Hall–Kier alpha value is -1.82. The van der Waals surface area contributed by atoms with Gasteiger partial charge in [0.2, 0.25) is 0 Å². The summed E-state index contributed by atoms with van der Waals surface area (Å²) in [5.41, 5.74) is 0.147. The smallest absolute Gasteiger partial charge is 0.332 e. The van der Waals surface area contributed by atoms with Crippen LogP contribution in [0.4, 0.5) is 0 Å². The van der Waals surface area contributed by atoms with Crippen molar-refractivity contribution >= 4 is 23.5 Å². The van der Waals surface area contributed by atoms with Gasteiger partial charge in [-0.15, -0.1) is 0 Å². The van der Waals surface area contributed by atoms with Gasteiger partial charge in [0.25, 0.3) is 5.91 Å². The van der Waals surface area contributed by atoms with Crippen LogP contribution in [0.25, 0.3) is 0 Å². The summed E-state index contributed by atoms with van der Waals surface area (Å²) in [6, 6.07) is 0.576. The van der Waals surface area contributed by atoms with Crippen LogP contribution in [0, 0.1) is 5.41 Å². The Labute approximate surface area is 135 Å². The number of carbonyl (C=O) groups is 2. The number of aryl methyl sites for hydroxylation is 1. The molecule has 1 rings (SSSR count). The molecule has 6 nitrogen and oxygen atoms in total. The largest absolute Gasteiger partial charge is 0.464 e. The van der Waals surface area contributed by atoms with E-state index < -0.39 is 17.9 Å². The Morgan fingerprint density at radius 3 is 2.59 bits per heavy atom. The SMILES string of the molecule is CCOC(=O)C(/C=C/C(C)(C)C)NC(=O)c1cc(Cl)nn1C.